The zero-order valence-electron chi connectivity index (χ0n) is 17.2. The van der Waals surface area contributed by atoms with Crippen molar-refractivity contribution in [2.45, 2.75) is 45.7 Å². The highest BCUT2D eigenvalue weighted by atomic mass is 16.5. The van der Waals surface area contributed by atoms with Gasteiger partial charge in [0, 0.05) is 6.42 Å². The van der Waals surface area contributed by atoms with Crippen molar-refractivity contribution < 1.29 is 23.2 Å². The van der Waals surface area contributed by atoms with E-state index < -0.39 is 5.54 Å². The second kappa shape index (κ2) is 8.65. The molecule has 156 valence electrons. The van der Waals surface area contributed by atoms with E-state index in [0.29, 0.717) is 23.7 Å². The quantitative estimate of drug-likeness (QED) is 0.683. The molecule has 0 radical (unpaired) electrons. The van der Waals surface area contributed by atoms with E-state index in [9.17, 15) is 9.59 Å². The molecule has 1 N–H and O–H groups in total. The molecular formula is C21H27N3O5. The molecule has 1 amide bonds. The van der Waals surface area contributed by atoms with Crippen molar-refractivity contribution in [1.82, 2.24) is 10.3 Å². The predicted molar refractivity (Wildman–Crippen MR) is 106 cm³/mol. The monoisotopic (exact) mass is 401 g/mol. The molecule has 0 aromatic carbocycles. The number of rotatable bonds is 8. The molecular weight excluding hydrogens is 374 g/mol. The van der Waals surface area contributed by atoms with Gasteiger partial charge in [-0.2, -0.15) is 5.10 Å². The molecule has 0 bridgehead atoms. The first kappa shape index (κ1) is 20.9. The van der Waals surface area contributed by atoms with Crippen LogP contribution in [0.4, 0.5) is 0 Å². The Hall–Kier alpha value is -2.87. The van der Waals surface area contributed by atoms with Gasteiger partial charge in [0.2, 0.25) is 0 Å². The van der Waals surface area contributed by atoms with Crippen LogP contribution in [0, 0.1) is 5.92 Å². The fraction of sp³-hybridized carbons (Fsp3) is 0.476. The number of esters is 1. The van der Waals surface area contributed by atoms with Crippen molar-refractivity contribution in [3.8, 4) is 0 Å². The van der Waals surface area contributed by atoms with E-state index >= 15 is 0 Å². The van der Waals surface area contributed by atoms with Crippen LogP contribution >= 0.6 is 0 Å². The van der Waals surface area contributed by atoms with Gasteiger partial charge in [-0.05, 0) is 44.0 Å². The number of carbonyl (C=O) groups excluding carboxylic acids is 2. The standard InChI is InChI=1S/C21H27N3O5/c1-5-27-20(26)21(4,14(2)3)22-13-19(25)24-16(18-9-7-11-29-18)12-15(23-24)17-8-6-10-28-17/h6-11,14,16,22H,5,12-13H2,1-4H3/t16-,21+/m0/s1. The van der Waals surface area contributed by atoms with Gasteiger partial charge in [-0.3, -0.25) is 14.9 Å². The normalized spacial score (nSPS) is 18.6. The molecule has 2 aromatic rings. The number of nitrogens with zero attached hydrogens (tertiary/aromatic N) is 2. The Kier molecular flexibility index (Phi) is 6.22. The van der Waals surface area contributed by atoms with Gasteiger partial charge < -0.3 is 13.6 Å². The highest BCUT2D eigenvalue weighted by molar-refractivity contribution is 6.01. The molecule has 2 atom stereocenters. The third-order valence-electron chi connectivity index (χ3n) is 5.30. The van der Waals surface area contributed by atoms with Crippen LogP contribution < -0.4 is 5.32 Å². The average Bonchev–Trinajstić information content (AvgIpc) is 3.45. The Labute approximate surface area is 169 Å². The molecule has 0 unspecified atom stereocenters. The van der Waals surface area contributed by atoms with Crippen LogP contribution in [0.3, 0.4) is 0 Å². The zero-order chi connectivity index (χ0) is 21.0. The van der Waals surface area contributed by atoms with Crippen LogP contribution in [0.25, 0.3) is 0 Å². The lowest BCUT2D eigenvalue weighted by molar-refractivity contribution is -0.152. The summed E-state index contributed by atoms with van der Waals surface area (Å²) in [5.74, 6) is 0.524. The molecule has 29 heavy (non-hydrogen) atoms. The minimum atomic E-state index is -0.987. The molecule has 0 spiro atoms. The Morgan fingerprint density at radius 1 is 1.31 bits per heavy atom. The van der Waals surface area contributed by atoms with E-state index in [1.54, 1.807) is 44.6 Å². The number of ether oxygens (including phenoxy) is 1. The summed E-state index contributed by atoms with van der Waals surface area (Å²) in [7, 11) is 0. The molecule has 3 heterocycles. The summed E-state index contributed by atoms with van der Waals surface area (Å²) in [4.78, 5) is 25.5. The van der Waals surface area contributed by atoms with Crippen molar-refractivity contribution in [3.63, 3.8) is 0 Å². The maximum Gasteiger partial charge on any atom is 0.326 e. The maximum absolute atomic E-state index is 13.0. The van der Waals surface area contributed by atoms with E-state index in [1.807, 2.05) is 19.9 Å². The van der Waals surface area contributed by atoms with Crippen LogP contribution in [0.2, 0.25) is 0 Å². The largest absolute Gasteiger partial charge is 0.467 e. The molecule has 0 saturated carbocycles. The predicted octanol–water partition coefficient (Wildman–Crippen LogP) is 3.12. The Bertz CT molecular complexity index is 857. The maximum atomic E-state index is 13.0. The fourth-order valence-corrected chi connectivity index (χ4v) is 3.17. The van der Waals surface area contributed by atoms with Gasteiger partial charge >= 0.3 is 5.97 Å². The fourth-order valence-electron chi connectivity index (χ4n) is 3.17. The summed E-state index contributed by atoms with van der Waals surface area (Å²) in [6.45, 7) is 7.52. The molecule has 8 nitrogen and oxygen atoms in total. The lowest BCUT2D eigenvalue weighted by Crippen LogP contribution is -2.56. The van der Waals surface area contributed by atoms with Crippen LogP contribution in [-0.2, 0) is 14.3 Å². The van der Waals surface area contributed by atoms with Crippen molar-refractivity contribution in [3.05, 3.63) is 48.3 Å². The lowest BCUT2D eigenvalue weighted by Gasteiger charge is -2.32. The molecule has 0 aliphatic carbocycles. The Morgan fingerprint density at radius 2 is 2.03 bits per heavy atom. The topological polar surface area (TPSA) is 97.3 Å². The minimum Gasteiger partial charge on any atom is -0.467 e. The smallest absolute Gasteiger partial charge is 0.326 e. The average molecular weight is 401 g/mol. The number of amides is 1. The summed E-state index contributed by atoms with van der Waals surface area (Å²) < 4.78 is 16.2. The van der Waals surface area contributed by atoms with Crippen molar-refractivity contribution >= 4 is 17.6 Å². The van der Waals surface area contributed by atoms with Crippen molar-refractivity contribution in [2.75, 3.05) is 13.2 Å². The second-order valence-electron chi connectivity index (χ2n) is 7.43. The number of hydrazone groups is 1. The Morgan fingerprint density at radius 3 is 2.62 bits per heavy atom. The molecule has 1 aliphatic rings. The van der Waals surface area contributed by atoms with Gasteiger partial charge in [0.15, 0.2) is 0 Å². The van der Waals surface area contributed by atoms with Crippen molar-refractivity contribution in [1.29, 1.82) is 0 Å². The highest BCUT2D eigenvalue weighted by Crippen LogP contribution is 2.33. The summed E-state index contributed by atoms with van der Waals surface area (Å²) in [5, 5.41) is 8.97. The molecule has 2 aromatic heterocycles. The molecule has 8 heteroatoms. The minimum absolute atomic E-state index is 0.0698. The van der Waals surface area contributed by atoms with Crippen LogP contribution in [0.15, 0.2) is 50.7 Å². The first-order chi connectivity index (χ1) is 13.9. The summed E-state index contributed by atoms with van der Waals surface area (Å²) in [5.41, 5.74) is -0.319. The van der Waals surface area contributed by atoms with E-state index in [0.717, 1.165) is 0 Å². The number of furan rings is 2. The molecule has 0 fully saturated rings. The van der Waals surface area contributed by atoms with E-state index in [1.165, 1.54) is 5.01 Å². The van der Waals surface area contributed by atoms with Gasteiger partial charge in [0.25, 0.3) is 5.91 Å². The number of nitrogens with one attached hydrogen (secondary N) is 1. The van der Waals surface area contributed by atoms with Gasteiger partial charge in [-0.15, -0.1) is 0 Å². The first-order valence-corrected chi connectivity index (χ1v) is 9.75. The third kappa shape index (κ3) is 4.27. The van der Waals surface area contributed by atoms with Crippen LogP contribution in [-0.4, -0.2) is 41.3 Å². The summed E-state index contributed by atoms with van der Waals surface area (Å²) in [6.07, 6.45) is 3.61. The van der Waals surface area contributed by atoms with Gasteiger partial charge in [-0.1, -0.05) is 13.8 Å². The number of carbonyl (C=O) groups is 2. The Balaban J connectivity index is 1.78. The number of hydrogen-bond donors (Lipinski definition) is 1. The first-order valence-electron chi connectivity index (χ1n) is 9.75. The van der Waals surface area contributed by atoms with E-state index in [2.05, 4.69) is 10.4 Å². The van der Waals surface area contributed by atoms with Crippen molar-refractivity contribution in [2.24, 2.45) is 11.0 Å². The summed E-state index contributed by atoms with van der Waals surface area (Å²) in [6, 6.07) is 6.81. The molecule has 3 rings (SSSR count). The lowest BCUT2D eigenvalue weighted by atomic mass is 9.88. The molecule has 1 aliphatic heterocycles. The van der Waals surface area contributed by atoms with Gasteiger partial charge in [0.1, 0.15) is 28.8 Å². The van der Waals surface area contributed by atoms with Gasteiger partial charge in [0.05, 0.1) is 25.7 Å². The third-order valence-corrected chi connectivity index (χ3v) is 5.30. The van der Waals surface area contributed by atoms with Crippen LogP contribution in [0.5, 0.6) is 0 Å². The highest BCUT2D eigenvalue weighted by Gasteiger charge is 2.40. The number of hydrogen-bond acceptors (Lipinski definition) is 7. The van der Waals surface area contributed by atoms with Crippen LogP contribution in [0.1, 0.15) is 51.7 Å². The summed E-state index contributed by atoms with van der Waals surface area (Å²) >= 11 is 0. The zero-order valence-corrected chi connectivity index (χ0v) is 17.2. The van der Waals surface area contributed by atoms with E-state index in [4.69, 9.17) is 13.6 Å². The second-order valence-corrected chi connectivity index (χ2v) is 7.43. The SMILES string of the molecule is CCOC(=O)[C@](C)(NCC(=O)N1N=C(c2ccco2)C[C@H]1c1ccco1)C(C)C. The van der Waals surface area contributed by atoms with Gasteiger partial charge in [-0.25, -0.2) is 5.01 Å². The van der Waals surface area contributed by atoms with E-state index in [-0.39, 0.29) is 37.0 Å². The molecule has 0 saturated heterocycles.